The molecular weight excluding hydrogens is 222 g/mol. The van der Waals surface area contributed by atoms with Gasteiger partial charge in [-0.1, -0.05) is 60.7 Å². The summed E-state index contributed by atoms with van der Waals surface area (Å²) in [5, 5.41) is 13.4. The van der Waals surface area contributed by atoms with Crippen LogP contribution in [0.5, 0.6) is 0 Å². The molecule has 18 heavy (non-hydrogen) atoms. The second-order valence-corrected chi connectivity index (χ2v) is 4.47. The first-order valence-corrected chi connectivity index (χ1v) is 6.28. The standard InChI is InChI=1S/C16H19NO/c1-13(14-8-4-2-5-9-14)17-12-16(18)15-10-6-3-7-11-15/h2-11,13,16-18H,12H2,1H3/t13-,16+/m0/s1. The normalized spacial score (nSPS) is 14.1. The highest BCUT2D eigenvalue weighted by Gasteiger charge is 2.09. The Hall–Kier alpha value is -1.64. The predicted octanol–water partition coefficient (Wildman–Crippen LogP) is 3.07. The van der Waals surface area contributed by atoms with Gasteiger partial charge in [-0.25, -0.2) is 0 Å². The Labute approximate surface area is 108 Å². The fourth-order valence-electron chi connectivity index (χ4n) is 1.94. The summed E-state index contributed by atoms with van der Waals surface area (Å²) >= 11 is 0. The van der Waals surface area contributed by atoms with Crippen molar-refractivity contribution < 1.29 is 5.11 Å². The van der Waals surface area contributed by atoms with Crippen LogP contribution >= 0.6 is 0 Å². The van der Waals surface area contributed by atoms with Crippen LogP contribution in [0.4, 0.5) is 0 Å². The molecule has 0 amide bonds. The molecule has 0 saturated heterocycles. The van der Waals surface area contributed by atoms with Crippen LogP contribution in [0.15, 0.2) is 60.7 Å². The second kappa shape index (κ2) is 6.34. The smallest absolute Gasteiger partial charge is 0.0914 e. The number of hydrogen-bond donors (Lipinski definition) is 2. The van der Waals surface area contributed by atoms with Crippen molar-refractivity contribution in [2.45, 2.75) is 19.1 Å². The van der Waals surface area contributed by atoms with E-state index in [0.717, 1.165) is 5.56 Å². The molecular formula is C16H19NO. The van der Waals surface area contributed by atoms with E-state index in [9.17, 15) is 5.11 Å². The summed E-state index contributed by atoms with van der Waals surface area (Å²) in [6, 6.07) is 20.2. The van der Waals surface area contributed by atoms with Gasteiger partial charge >= 0.3 is 0 Å². The molecule has 0 bridgehead atoms. The van der Waals surface area contributed by atoms with Gasteiger partial charge in [0.15, 0.2) is 0 Å². The highest BCUT2D eigenvalue weighted by Crippen LogP contribution is 2.15. The highest BCUT2D eigenvalue weighted by atomic mass is 16.3. The summed E-state index contributed by atoms with van der Waals surface area (Å²) in [5.74, 6) is 0. The molecule has 2 atom stereocenters. The second-order valence-electron chi connectivity index (χ2n) is 4.47. The van der Waals surface area contributed by atoms with Crippen molar-refractivity contribution in [1.82, 2.24) is 5.32 Å². The fourth-order valence-corrected chi connectivity index (χ4v) is 1.94. The van der Waals surface area contributed by atoms with E-state index in [0.29, 0.717) is 6.54 Å². The molecule has 0 aliphatic rings. The summed E-state index contributed by atoms with van der Waals surface area (Å²) in [6.45, 7) is 2.66. The third kappa shape index (κ3) is 3.42. The van der Waals surface area contributed by atoms with Gasteiger partial charge in [0.2, 0.25) is 0 Å². The van der Waals surface area contributed by atoms with Crippen LogP contribution in [0.25, 0.3) is 0 Å². The Morgan fingerprint density at radius 3 is 1.94 bits per heavy atom. The molecule has 0 aliphatic carbocycles. The van der Waals surface area contributed by atoms with Crippen molar-refractivity contribution in [2.24, 2.45) is 0 Å². The average molecular weight is 241 g/mol. The van der Waals surface area contributed by atoms with Crippen molar-refractivity contribution in [3.63, 3.8) is 0 Å². The highest BCUT2D eigenvalue weighted by molar-refractivity contribution is 5.19. The number of rotatable bonds is 5. The molecule has 2 heteroatoms. The third-order valence-corrected chi connectivity index (χ3v) is 3.10. The molecule has 2 aromatic rings. The van der Waals surface area contributed by atoms with Crippen molar-refractivity contribution in [3.05, 3.63) is 71.8 Å². The molecule has 0 fully saturated rings. The number of hydrogen-bond acceptors (Lipinski definition) is 2. The minimum atomic E-state index is -0.461. The minimum Gasteiger partial charge on any atom is -0.387 e. The SMILES string of the molecule is C[C@H](NC[C@@H](O)c1ccccc1)c1ccccc1. The van der Waals surface area contributed by atoms with Gasteiger partial charge in [0.25, 0.3) is 0 Å². The van der Waals surface area contributed by atoms with Gasteiger partial charge in [0.1, 0.15) is 0 Å². The van der Waals surface area contributed by atoms with Crippen molar-refractivity contribution in [1.29, 1.82) is 0 Å². The molecule has 2 N–H and O–H groups in total. The van der Waals surface area contributed by atoms with E-state index in [1.165, 1.54) is 5.56 Å². The maximum Gasteiger partial charge on any atom is 0.0914 e. The summed E-state index contributed by atoms with van der Waals surface area (Å²) in [4.78, 5) is 0. The van der Waals surface area contributed by atoms with E-state index in [1.807, 2.05) is 48.5 Å². The number of benzene rings is 2. The monoisotopic (exact) mass is 241 g/mol. The third-order valence-electron chi connectivity index (χ3n) is 3.10. The molecule has 0 unspecified atom stereocenters. The molecule has 94 valence electrons. The maximum absolute atomic E-state index is 10.1. The zero-order valence-electron chi connectivity index (χ0n) is 10.6. The molecule has 0 spiro atoms. The summed E-state index contributed by atoms with van der Waals surface area (Å²) in [5.41, 5.74) is 2.18. The van der Waals surface area contributed by atoms with Crippen LogP contribution < -0.4 is 5.32 Å². The lowest BCUT2D eigenvalue weighted by atomic mass is 10.1. The van der Waals surface area contributed by atoms with Crippen molar-refractivity contribution in [2.75, 3.05) is 6.54 Å². The average Bonchev–Trinajstić information content (AvgIpc) is 2.46. The zero-order valence-corrected chi connectivity index (χ0v) is 10.6. The van der Waals surface area contributed by atoms with Gasteiger partial charge in [-0.2, -0.15) is 0 Å². The molecule has 0 saturated carbocycles. The molecule has 0 aromatic heterocycles. The van der Waals surface area contributed by atoms with Crippen LogP contribution in [-0.2, 0) is 0 Å². The van der Waals surface area contributed by atoms with Gasteiger partial charge in [0, 0.05) is 12.6 Å². The molecule has 0 radical (unpaired) electrons. The number of aliphatic hydroxyl groups is 1. The van der Waals surface area contributed by atoms with E-state index in [-0.39, 0.29) is 6.04 Å². The Morgan fingerprint density at radius 2 is 1.39 bits per heavy atom. The van der Waals surface area contributed by atoms with Crippen LogP contribution in [0, 0.1) is 0 Å². The van der Waals surface area contributed by atoms with Gasteiger partial charge in [-0.3, -0.25) is 0 Å². The lowest BCUT2D eigenvalue weighted by Gasteiger charge is -2.17. The van der Waals surface area contributed by atoms with E-state index < -0.39 is 6.10 Å². The molecule has 0 heterocycles. The molecule has 0 aliphatic heterocycles. The Kier molecular flexibility index (Phi) is 4.51. The van der Waals surface area contributed by atoms with Crippen molar-refractivity contribution in [3.8, 4) is 0 Å². The van der Waals surface area contributed by atoms with Crippen molar-refractivity contribution >= 4 is 0 Å². The summed E-state index contributed by atoms with van der Waals surface area (Å²) in [7, 11) is 0. The zero-order chi connectivity index (χ0) is 12.8. The summed E-state index contributed by atoms with van der Waals surface area (Å²) in [6.07, 6.45) is -0.461. The van der Waals surface area contributed by atoms with E-state index >= 15 is 0 Å². The maximum atomic E-state index is 10.1. The Bertz CT molecular complexity index is 410. The van der Waals surface area contributed by atoms with E-state index in [1.54, 1.807) is 0 Å². The fraction of sp³-hybridized carbons (Fsp3) is 0.250. The lowest BCUT2D eigenvalue weighted by molar-refractivity contribution is 0.171. The quantitative estimate of drug-likeness (QED) is 0.843. The first-order valence-electron chi connectivity index (χ1n) is 6.28. The van der Waals surface area contributed by atoms with Crippen LogP contribution in [-0.4, -0.2) is 11.7 Å². The van der Waals surface area contributed by atoms with Crippen LogP contribution in [0.3, 0.4) is 0 Å². The first-order chi connectivity index (χ1) is 8.77. The minimum absolute atomic E-state index is 0.240. The van der Waals surface area contributed by atoms with E-state index in [4.69, 9.17) is 0 Å². The molecule has 2 nitrogen and oxygen atoms in total. The predicted molar refractivity (Wildman–Crippen MR) is 74.3 cm³/mol. The summed E-state index contributed by atoms with van der Waals surface area (Å²) < 4.78 is 0. The first kappa shape index (κ1) is 12.8. The Balaban J connectivity index is 1.89. The molecule has 2 aromatic carbocycles. The number of nitrogens with one attached hydrogen (secondary N) is 1. The number of aliphatic hydroxyl groups excluding tert-OH is 1. The largest absolute Gasteiger partial charge is 0.387 e. The van der Waals surface area contributed by atoms with Crippen LogP contribution in [0.1, 0.15) is 30.2 Å². The van der Waals surface area contributed by atoms with Gasteiger partial charge in [0.05, 0.1) is 6.10 Å². The van der Waals surface area contributed by atoms with Crippen LogP contribution in [0.2, 0.25) is 0 Å². The van der Waals surface area contributed by atoms with E-state index in [2.05, 4.69) is 24.4 Å². The topological polar surface area (TPSA) is 32.3 Å². The van der Waals surface area contributed by atoms with Gasteiger partial charge < -0.3 is 10.4 Å². The van der Waals surface area contributed by atoms with Gasteiger partial charge in [-0.05, 0) is 18.1 Å². The molecule has 2 rings (SSSR count). The lowest BCUT2D eigenvalue weighted by Crippen LogP contribution is -2.24. The Morgan fingerprint density at radius 1 is 0.889 bits per heavy atom. The van der Waals surface area contributed by atoms with Gasteiger partial charge in [-0.15, -0.1) is 0 Å².